The van der Waals surface area contributed by atoms with Crippen molar-refractivity contribution in [3.8, 4) is 5.75 Å². The number of carbonyl (C=O) groups is 1. The molecule has 3 rings (SSSR count). The van der Waals surface area contributed by atoms with Gasteiger partial charge in [0, 0.05) is 11.8 Å². The van der Waals surface area contributed by atoms with Crippen LogP contribution in [0.2, 0.25) is 0 Å². The highest BCUT2D eigenvalue weighted by molar-refractivity contribution is 6.02. The lowest BCUT2D eigenvalue weighted by Crippen LogP contribution is -2.10. The highest BCUT2D eigenvalue weighted by atomic mass is 16.5. The van der Waals surface area contributed by atoms with Gasteiger partial charge in [-0.25, -0.2) is 0 Å². The number of benzene rings is 2. The van der Waals surface area contributed by atoms with Gasteiger partial charge < -0.3 is 14.5 Å². The molecule has 1 aromatic heterocycles. The number of rotatable bonds is 5. The highest BCUT2D eigenvalue weighted by Gasteiger charge is 2.08. The van der Waals surface area contributed by atoms with Gasteiger partial charge in [-0.05, 0) is 29.8 Å². The molecule has 0 atom stereocenters. The van der Waals surface area contributed by atoms with Crippen LogP contribution in [0.3, 0.4) is 0 Å². The maximum atomic E-state index is 11.9. The summed E-state index contributed by atoms with van der Waals surface area (Å²) in [5.41, 5.74) is 1.75. The molecule has 3 aromatic rings. The number of hydrogen-bond donors (Lipinski definition) is 1. The molecule has 1 amide bonds. The molecule has 0 aliphatic carbocycles. The molecule has 0 aliphatic heterocycles. The van der Waals surface area contributed by atoms with E-state index in [2.05, 4.69) is 5.32 Å². The quantitative estimate of drug-likeness (QED) is 0.770. The van der Waals surface area contributed by atoms with Crippen LogP contribution in [0.4, 0.5) is 5.69 Å². The van der Waals surface area contributed by atoms with E-state index in [4.69, 9.17) is 9.15 Å². The van der Waals surface area contributed by atoms with Gasteiger partial charge in [-0.3, -0.25) is 4.79 Å². The minimum Gasteiger partial charge on any atom is -0.489 e. The molecule has 1 N–H and O–H groups in total. The fraction of sp³-hybridized carbons (Fsp3) is 0.0556. The molecular formula is C18H15NO3. The number of furan rings is 1. The average Bonchev–Trinajstić information content (AvgIpc) is 3.09. The Morgan fingerprint density at radius 2 is 1.86 bits per heavy atom. The number of hydrogen-bond acceptors (Lipinski definition) is 3. The van der Waals surface area contributed by atoms with E-state index in [0.717, 1.165) is 5.56 Å². The standard InChI is InChI=1S/C18H15NO3/c20-18(17-10-5-11-21-17)19-15-8-4-9-16(12-15)22-13-14-6-2-1-3-7-14/h1-12H,13H2,(H,19,20). The van der Waals surface area contributed by atoms with Crippen LogP contribution < -0.4 is 10.1 Å². The van der Waals surface area contributed by atoms with Gasteiger partial charge in [-0.2, -0.15) is 0 Å². The van der Waals surface area contributed by atoms with Gasteiger partial charge in [0.2, 0.25) is 0 Å². The number of nitrogens with one attached hydrogen (secondary N) is 1. The highest BCUT2D eigenvalue weighted by Crippen LogP contribution is 2.19. The third kappa shape index (κ3) is 3.55. The Bertz CT molecular complexity index is 736. The average molecular weight is 293 g/mol. The molecule has 1 heterocycles. The molecule has 0 radical (unpaired) electrons. The van der Waals surface area contributed by atoms with Crippen molar-refractivity contribution in [1.82, 2.24) is 0 Å². The predicted octanol–water partition coefficient (Wildman–Crippen LogP) is 4.11. The molecule has 0 saturated heterocycles. The van der Waals surface area contributed by atoms with Crippen LogP contribution in [0.1, 0.15) is 16.1 Å². The normalized spacial score (nSPS) is 10.2. The lowest BCUT2D eigenvalue weighted by molar-refractivity contribution is 0.0996. The van der Waals surface area contributed by atoms with E-state index in [-0.39, 0.29) is 11.7 Å². The van der Waals surface area contributed by atoms with Crippen molar-refractivity contribution in [2.75, 3.05) is 5.32 Å². The first-order valence-corrected chi connectivity index (χ1v) is 6.93. The largest absolute Gasteiger partial charge is 0.489 e. The molecule has 0 aliphatic rings. The lowest BCUT2D eigenvalue weighted by Gasteiger charge is -2.08. The first kappa shape index (κ1) is 13.9. The maximum absolute atomic E-state index is 11.9. The van der Waals surface area contributed by atoms with Crippen LogP contribution in [-0.2, 0) is 6.61 Å². The summed E-state index contributed by atoms with van der Waals surface area (Å²) in [5, 5.41) is 2.77. The minimum atomic E-state index is -0.287. The molecule has 0 saturated carbocycles. The zero-order chi connectivity index (χ0) is 15.2. The third-order valence-electron chi connectivity index (χ3n) is 3.09. The van der Waals surface area contributed by atoms with Crippen molar-refractivity contribution >= 4 is 11.6 Å². The van der Waals surface area contributed by atoms with E-state index >= 15 is 0 Å². The topological polar surface area (TPSA) is 51.5 Å². The van der Waals surface area contributed by atoms with Gasteiger partial charge in [-0.1, -0.05) is 36.4 Å². The maximum Gasteiger partial charge on any atom is 0.291 e. The Balaban J connectivity index is 1.64. The van der Waals surface area contributed by atoms with Gasteiger partial charge in [-0.15, -0.1) is 0 Å². The summed E-state index contributed by atoms with van der Waals surface area (Å²) in [4.78, 5) is 11.9. The molecule has 0 unspecified atom stereocenters. The number of anilines is 1. The molecule has 2 aromatic carbocycles. The van der Waals surface area contributed by atoms with Crippen molar-refractivity contribution in [3.05, 3.63) is 84.3 Å². The molecule has 4 nitrogen and oxygen atoms in total. The smallest absolute Gasteiger partial charge is 0.291 e. The van der Waals surface area contributed by atoms with Crippen LogP contribution >= 0.6 is 0 Å². The van der Waals surface area contributed by atoms with Gasteiger partial charge in [0.15, 0.2) is 5.76 Å². The summed E-state index contributed by atoms with van der Waals surface area (Å²) in [6.07, 6.45) is 1.47. The van der Waals surface area contributed by atoms with Crippen molar-refractivity contribution in [1.29, 1.82) is 0 Å². The summed E-state index contributed by atoms with van der Waals surface area (Å²) in [6, 6.07) is 20.5. The van der Waals surface area contributed by atoms with Crippen molar-refractivity contribution in [2.45, 2.75) is 6.61 Å². The zero-order valence-corrected chi connectivity index (χ0v) is 11.9. The van der Waals surface area contributed by atoms with Crippen LogP contribution in [0.15, 0.2) is 77.4 Å². The van der Waals surface area contributed by atoms with E-state index in [1.54, 1.807) is 24.3 Å². The van der Waals surface area contributed by atoms with Crippen LogP contribution in [-0.4, -0.2) is 5.91 Å². The molecule has 22 heavy (non-hydrogen) atoms. The van der Waals surface area contributed by atoms with E-state index < -0.39 is 0 Å². The van der Waals surface area contributed by atoms with E-state index in [1.807, 2.05) is 42.5 Å². The second-order valence-corrected chi connectivity index (χ2v) is 4.73. The fourth-order valence-corrected chi connectivity index (χ4v) is 2.00. The fourth-order valence-electron chi connectivity index (χ4n) is 2.00. The van der Waals surface area contributed by atoms with Gasteiger partial charge in [0.1, 0.15) is 12.4 Å². The molecule has 110 valence electrons. The lowest BCUT2D eigenvalue weighted by atomic mass is 10.2. The predicted molar refractivity (Wildman–Crippen MR) is 83.9 cm³/mol. The molecule has 0 bridgehead atoms. The summed E-state index contributed by atoms with van der Waals surface area (Å²) < 4.78 is 10.8. The Hall–Kier alpha value is -3.01. The number of carbonyl (C=O) groups excluding carboxylic acids is 1. The Kier molecular flexibility index (Phi) is 4.20. The van der Waals surface area contributed by atoms with Crippen LogP contribution in [0.25, 0.3) is 0 Å². The van der Waals surface area contributed by atoms with E-state index in [0.29, 0.717) is 18.0 Å². The molecule has 0 fully saturated rings. The van der Waals surface area contributed by atoms with Crippen molar-refractivity contribution in [2.24, 2.45) is 0 Å². The van der Waals surface area contributed by atoms with Gasteiger partial charge in [0.05, 0.1) is 6.26 Å². The van der Waals surface area contributed by atoms with Crippen molar-refractivity contribution in [3.63, 3.8) is 0 Å². The number of amides is 1. The SMILES string of the molecule is O=C(Nc1cccc(OCc2ccccc2)c1)c1ccco1. The summed E-state index contributed by atoms with van der Waals surface area (Å²) in [6.45, 7) is 0.483. The zero-order valence-electron chi connectivity index (χ0n) is 11.9. The van der Waals surface area contributed by atoms with E-state index in [9.17, 15) is 4.79 Å². The summed E-state index contributed by atoms with van der Waals surface area (Å²) in [5.74, 6) is 0.682. The Morgan fingerprint density at radius 1 is 1.00 bits per heavy atom. The second-order valence-electron chi connectivity index (χ2n) is 4.73. The minimum absolute atomic E-state index is 0.274. The third-order valence-corrected chi connectivity index (χ3v) is 3.09. The van der Waals surface area contributed by atoms with Crippen LogP contribution in [0.5, 0.6) is 5.75 Å². The second kappa shape index (κ2) is 6.63. The Labute approximate surface area is 128 Å². The van der Waals surface area contributed by atoms with Gasteiger partial charge >= 0.3 is 0 Å². The molecular weight excluding hydrogens is 278 g/mol. The molecule has 4 heteroatoms. The van der Waals surface area contributed by atoms with Gasteiger partial charge in [0.25, 0.3) is 5.91 Å². The first-order chi connectivity index (χ1) is 10.8. The first-order valence-electron chi connectivity index (χ1n) is 6.93. The molecule has 0 spiro atoms. The van der Waals surface area contributed by atoms with Crippen LogP contribution in [0, 0.1) is 0 Å². The Morgan fingerprint density at radius 3 is 2.64 bits per heavy atom. The van der Waals surface area contributed by atoms with E-state index in [1.165, 1.54) is 6.26 Å². The monoisotopic (exact) mass is 293 g/mol. The van der Waals surface area contributed by atoms with Crippen molar-refractivity contribution < 1.29 is 13.9 Å². The summed E-state index contributed by atoms with van der Waals surface area (Å²) in [7, 11) is 0. The number of ether oxygens (including phenoxy) is 1. The summed E-state index contributed by atoms with van der Waals surface area (Å²) >= 11 is 0.